The molecule has 1 atom stereocenters. The molecule has 1 aliphatic rings. The third-order valence-corrected chi connectivity index (χ3v) is 4.82. The molecule has 7 heteroatoms. The number of carbonyl (C=O) groups is 1. The molecule has 110 valence electrons. The van der Waals surface area contributed by atoms with E-state index in [0.717, 1.165) is 10.8 Å². The first kappa shape index (κ1) is 13.8. The van der Waals surface area contributed by atoms with Crippen molar-refractivity contribution in [3.05, 3.63) is 36.4 Å². The summed E-state index contributed by atoms with van der Waals surface area (Å²) in [5.41, 5.74) is 7.01. The molecule has 1 saturated heterocycles. The van der Waals surface area contributed by atoms with E-state index in [-0.39, 0.29) is 13.0 Å². The van der Waals surface area contributed by atoms with Gasteiger partial charge in [-0.2, -0.15) is 8.42 Å². The lowest BCUT2D eigenvalue weighted by molar-refractivity contribution is -0.117. The molecule has 0 bridgehead atoms. The molecular formula is C14H13FN2O3S. The van der Waals surface area contributed by atoms with Crippen molar-refractivity contribution in [2.75, 3.05) is 17.2 Å². The number of nitrogen functional groups attached to an aromatic ring is 1. The van der Waals surface area contributed by atoms with Crippen molar-refractivity contribution >= 4 is 38.3 Å². The largest absolute Gasteiger partial charge is 0.398 e. The Labute approximate surface area is 121 Å². The highest BCUT2D eigenvalue weighted by Crippen LogP contribution is 2.33. The summed E-state index contributed by atoms with van der Waals surface area (Å²) in [5.74, 6) is -0.406. The van der Waals surface area contributed by atoms with Gasteiger partial charge in [0.25, 0.3) is 0 Å². The van der Waals surface area contributed by atoms with Crippen molar-refractivity contribution in [3.8, 4) is 0 Å². The first-order chi connectivity index (χ1) is 9.88. The average molecular weight is 308 g/mol. The van der Waals surface area contributed by atoms with E-state index in [0.29, 0.717) is 11.4 Å². The normalized spacial score (nSPS) is 19.4. The van der Waals surface area contributed by atoms with E-state index in [1.54, 1.807) is 30.3 Å². The van der Waals surface area contributed by atoms with Crippen LogP contribution in [0.2, 0.25) is 0 Å². The average Bonchev–Trinajstić information content (AvgIpc) is 2.81. The quantitative estimate of drug-likeness (QED) is 0.678. The fourth-order valence-electron chi connectivity index (χ4n) is 2.65. The van der Waals surface area contributed by atoms with Crippen molar-refractivity contribution in [2.45, 2.75) is 11.7 Å². The summed E-state index contributed by atoms with van der Waals surface area (Å²) in [6, 6.07) is 10.5. The van der Waals surface area contributed by atoms with Gasteiger partial charge in [0.15, 0.2) is 0 Å². The molecule has 0 radical (unpaired) electrons. The maximum absolute atomic E-state index is 13.1. The van der Waals surface area contributed by atoms with Crippen LogP contribution in [0.15, 0.2) is 36.4 Å². The lowest BCUT2D eigenvalue weighted by atomic mass is 10.1. The minimum Gasteiger partial charge on any atom is -0.398 e. The van der Waals surface area contributed by atoms with E-state index in [9.17, 15) is 17.1 Å². The minimum absolute atomic E-state index is 0.175. The predicted octanol–water partition coefficient (Wildman–Crippen LogP) is 1.83. The molecule has 1 heterocycles. The van der Waals surface area contributed by atoms with Gasteiger partial charge in [0.05, 0.1) is 5.69 Å². The van der Waals surface area contributed by atoms with Gasteiger partial charge in [-0.3, -0.25) is 4.79 Å². The fraction of sp³-hybridized carbons (Fsp3) is 0.214. The van der Waals surface area contributed by atoms with E-state index < -0.39 is 21.4 Å². The van der Waals surface area contributed by atoms with Crippen LogP contribution in [0.5, 0.6) is 0 Å². The van der Waals surface area contributed by atoms with Crippen LogP contribution in [-0.4, -0.2) is 26.1 Å². The third-order valence-electron chi connectivity index (χ3n) is 3.71. The molecule has 0 spiro atoms. The molecular weight excluding hydrogens is 295 g/mol. The van der Waals surface area contributed by atoms with Crippen LogP contribution >= 0.6 is 0 Å². The molecule has 1 amide bonds. The third kappa shape index (κ3) is 2.33. The number of anilines is 2. The van der Waals surface area contributed by atoms with Gasteiger partial charge in [0.1, 0.15) is 5.25 Å². The van der Waals surface area contributed by atoms with Crippen LogP contribution < -0.4 is 10.6 Å². The van der Waals surface area contributed by atoms with Crippen LogP contribution in [0, 0.1) is 0 Å². The molecule has 3 rings (SSSR count). The summed E-state index contributed by atoms with van der Waals surface area (Å²) in [5, 5.41) is 0.207. The van der Waals surface area contributed by atoms with Crippen molar-refractivity contribution < 1.29 is 17.1 Å². The zero-order valence-electron chi connectivity index (χ0n) is 11.0. The zero-order chi connectivity index (χ0) is 15.2. The van der Waals surface area contributed by atoms with Crippen molar-refractivity contribution in [2.24, 2.45) is 0 Å². The molecule has 0 aliphatic carbocycles. The van der Waals surface area contributed by atoms with E-state index in [1.165, 1.54) is 4.90 Å². The van der Waals surface area contributed by atoms with Gasteiger partial charge in [-0.1, -0.05) is 24.3 Å². The second kappa shape index (κ2) is 4.70. The highest BCUT2D eigenvalue weighted by atomic mass is 32.3. The van der Waals surface area contributed by atoms with Gasteiger partial charge in [-0.15, -0.1) is 3.89 Å². The van der Waals surface area contributed by atoms with Crippen LogP contribution in [-0.2, 0) is 15.0 Å². The topological polar surface area (TPSA) is 80.5 Å². The van der Waals surface area contributed by atoms with Gasteiger partial charge < -0.3 is 10.6 Å². The van der Waals surface area contributed by atoms with Gasteiger partial charge in [0, 0.05) is 29.4 Å². The van der Waals surface area contributed by atoms with Gasteiger partial charge in [0.2, 0.25) is 5.91 Å². The number of halogens is 1. The summed E-state index contributed by atoms with van der Waals surface area (Å²) < 4.78 is 35.1. The maximum atomic E-state index is 13.1. The predicted molar refractivity (Wildman–Crippen MR) is 79.1 cm³/mol. The molecule has 2 N–H and O–H groups in total. The highest BCUT2D eigenvalue weighted by molar-refractivity contribution is 7.87. The molecule has 21 heavy (non-hydrogen) atoms. The Morgan fingerprint density at radius 1 is 1.14 bits per heavy atom. The lowest BCUT2D eigenvalue weighted by Crippen LogP contribution is -2.27. The maximum Gasteiger partial charge on any atom is 0.307 e. The first-order valence-electron chi connectivity index (χ1n) is 6.39. The fourth-order valence-corrected chi connectivity index (χ4v) is 3.32. The molecule has 1 unspecified atom stereocenters. The van der Waals surface area contributed by atoms with Crippen molar-refractivity contribution in [3.63, 3.8) is 0 Å². The van der Waals surface area contributed by atoms with Gasteiger partial charge in [-0.25, -0.2) is 0 Å². The standard InChI is InChI=1S/C14H13FN2O3S/c15-21(19,20)9-7-14(18)17(8-9)13-6-2-3-10-11(13)4-1-5-12(10)16/h1-6,9H,7-8,16H2. The number of fused-ring (bicyclic) bond motifs is 1. The van der Waals surface area contributed by atoms with Crippen LogP contribution in [0.3, 0.4) is 0 Å². The number of benzene rings is 2. The Kier molecular flexibility index (Phi) is 3.09. The molecule has 2 aromatic rings. The van der Waals surface area contributed by atoms with E-state index in [4.69, 9.17) is 5.73 Å². The number of rotatable bonds is 2. The smallest absolute Gasteiger partial charge is 0.307 e. The Morgan fingerprint density at radius 2 is 1.81 bits per heavy atom. The number of carbonyl (C=O) groups excluding carboxylic acids is 1. The Balaban J connectivity index is 2.10. The molecule has 2 aromatic carbocycles. The van der Waals surface area contributed by atoms with Crippen molar-refractivity contribution in [1.82, 2.24) is 0 Å². The summed E-state index contributed by atoms with van der Waals surface area (Å²) in [7, 11) is -4.73. The summed E-state index contributed by atoms with van der Waals surface area (Å²) in [4.78, 5) is 13.3. The number of hydrogen-bond acceptors (Lipinski definition) is 4. The minimum atomic E-state index is -4.73. The highest BCUT2D eigenvalue weighted by Gasteiger charge is 2.39. The summed E-state index contributed by atoms with van der Waals surface area (Å²) in [6.45, 7) is -0.175. The SMILES string of the molecule is Nc1cccc2c(N3CC(S(=O)(=O)F)CC3=O)cccc12. The van der Waals surface area contributed by atoms with Gasteiger partial charge >= 0.3 is 10.2 Å². The van der Waals surface area contributed by atoms with Crippen molar-refractivity contribution in [1.29, 1.82) is 0 Å². The lowest BCUT2D eigenvalue weighted by Gasteiger charge is -2.19. The van der Waals surface area contributed by atoms with Crippen LogP contribution in [0.1, 0.15) is 6.42 Å². The first-order valence-corrected chi connectivity index (χ1v) is 7.83. The Bertz CT molecular complexity index is 835. The number of nitrogens with two attached hydrogens (primary N) is 1. The Hall–Kier alpha value is -2.15. The second-order valence-corrected chi connectivity index (χ2v) is 6.64. The van der Waals surface area contributed by atoms with E-state index >= 15 is 0 Å². The van der Waals surface area contributed by atoms with E-state index in [1.807, 2.05) is 6.07 Å². The van der Waals surface area contributed by atoms with Crippen LogP contribution in [0.25, 0.3) is 10.8 Å². The number of amides is 1. The molecule has 1 fully saturated rings. The second-order valence-electron chi connectivity index (χ2n) is 5.03. The summed E-state index contributed by atoms with van der Waals surface area (Å²) >= 11 is 0. The monoisotopic (exact) mass is 308 g/mol. The number of hydrogen-bond donors (Lipinski definition) is 1. The van der Waals surface area contributed by atoms with Gasteiger partial charge in [-0.05, 0) is 12.1 Å². The summed E-state index contributed by atoms with van der Waals surface area (Å²) in [6.07, 6.45) is -0.336. The van der Waals surface area contributed by atoms with E-state index in [2.05, 4.69) is 0 Å². The molecule has 0 aromatic heterocycles. The molecule has 5 nitrogen and oxygen atoms in total. The Morgan fingerprint density at radius 3 is 2.48 bits per heavy atom. The molecule has 0 saturated carbocycles. The zero-order valence-corrected chi connectivity index (χ0v) is 11.8. The molecule has 1 aliphatic heterocycles. The van der Waals surface area contributed by atoms with Crippen LogP contribution in [0.4, 0.5) is 15.3 Å². The number of nitrogens with zero attached hydrogens (tertiary/aromatic N) is 1.